The fourth-order valence-corrected chi connectivity index (χ4v) is 15.6. The van der Waals surface area contributed by atoms with E-state index in [0.717, 1.165) is 12.8 Å². The van der Waals surface area contributed by atoms with Crippen LogP contribution < -0.4 is 31.1 Å². The zero-order chi connectivity index (χ0) is 48.6. The van der Waals surface area contributed by atoms with E-state index in [2.05, 4.69) is 221 Å². The lowest BCUT2D eigenvalue weighted by Gasteiger charge is -2.54. The van der Waals surface area contributed by atoms with Gasteiger partial charge in [-0.15, -0.1) is 0 Å². The molecule has 0 N–H and O–H groups in total. The van der Waals surface area contributed by atoms with Gasteiger partial charge in [0.15, 0.2) is 0 Å². The van der Waals surface area contributed by atoms with E-state index in [4.69, 9.17) is 0 Å². The summed E-state index contributed by atoms with van der Waals surface area (Å²) in [7, 11) is 0. The van der Waals surface area contributed by atoms with Gasteiger partial charge in [-0.3, -0.25) is 0 Å². The Hall–Kier alpha value is -5.22. The van der Waals surface area contributed by atoms with Gasteiger partial charge in [0.25, 0.3) is 6.71 Å². The van der Waals surface area contributed by atoms with Gasteiger partial charge in [0.1, 0.15) is 0 Å². The number of aryl methyl sites for hydroxylation is 2. The van der Waals surface area contributed by atoms with Crippen LogP contribution in [0.4, 0.5) is 39.8 Å². The highest BCUT2D eigenvalue weighted by atomic mass is 15.3. The van der Waals surface area contributed by atoms with Gasteiger partial charge in [0.2, 0.25) is 0 Å². The van der Waals surface area contributed by atoms with Crippen LogP contribution in [0.25, 0.3) is 0 Å². The zero-order valence-corrected chi connectivity index (χ0v) is 44.5. The number of nitrogens with zero attached hydrogens (tertiary/aromatic N) is 3. The molecule has 0 amide bonds. The van der Waals surface area contributed by atoms with Crippen LogP contribution in [0.15, 0.2) is 109 Å². The van der Waals surface area contributed by atoms with Crippen molar-refractivity contribution in [2.45, 2.75) is 186 Å². The van der Waals surface area contributed by atoms with Crippen LogP contribution in [0.3, 0.4) is 0 Å². The minimum absolute atomic E-state index is 0.0155. The summed E-state index contributed by atoms with van der Waals surface area (Å²) in [6.45, 7) is 34.2. The molecular formula is C65H76BN3. The molecule has 2 saturated carbocycles. The fraction of sp³-hybridized carbons (Fsp3) is 0.446. The van der Waals surface area contributed by atoms with Crippen LogP contribution >= 0.6 is 0 Å². The normalized spacial score (nSPS) is 25.5. The minimum Gasteiger partial charge on any atom is -0.335 e. The molecule has 4 atom stereocenters. The van der Waals surface area contributed by atoms with Crippen LogP contribution in [-0.4, -0.2) is 17.8 Å². The van der Waals surface area contributed by atoms with E-state index < -0.39 is 0 Å². The lowest BCUT2D eigenvalue weighted by molar-refractivity contribution is 0.194. The summed E-state index contributed by atoms with van der Waals surface area (Å²) in [6, 6.07) is 44.7. The third-order valence-corrected chi connectivity index (χ3v) is 19.3. The van der Waals surface area contributed by atoms with E-state index in [-0.39, 0.29) is 44.9 Å². The lowest BCUT2D eigenvalue weighted by Crippen LogP contribution is -2.65. The van der Waals surface area contributed by atoms with E-state index in [1.807, 2.05) is 0 Å². The van der Waals surface area contributed by atoms with Crippen LogP contribution in [0, 0.1) is 13.8 Å². The maximum Gasteiger partial charge on any atom is 0.252 e. The predicted octanol–water partition coefficient (Wildman–Crippen LogP) is 15.3. The molecule has 4 heterocycles. The van der Waals surface area contributed by atoms with E-state index in [9.17, 15) is 0 Å². The van der Waals surface area contributed by atoms with E-state index >= 15 is 0 Å². The largest absolute Gasteiger partial charge is 0.335 e. The molecule has 69 heavy (non-hydrogen) atoms. The summed E-state index contributed by atoms with van der Waals surface area (Å²) in [4.78, 5) is 8.56. The second-order valence-corrected chi connectivity index (χ2v) is 26.4. The Balaban J connectivity index is 1.25. The summed E-state index contributed by atoms with van der Waals surface area (Å²) in [6.07, 6.45) is 9.63. The van der Waals surface area contributed by atoms with Crippen LogP contribution in [0.5, 0.6) is 0 Å². The molecule has 2 fully saturated rings. The number of fused-ring (bicyclic) bond motifs is 10. The SMILES string of the molecule is Cc1cc(C)c2c(c1)N(c1cc3c4c(c1)N1c5c(cc(C(C)(C)C)cc5C5(c6ccccc6)CCCCC15C)B4c1cc(C(C)(C)C)ccc1N3c1ccc(C(C)(C)C)cc1)C1(C)CCCCC21C. The predicted molar refractivity (Wildman–Crippen MR) is 297 cm³/mol. The van der Waals surface area contributed by atoms with Crippen molar-refractivity contribution in [2.75, 3.05) is 14.7 Å². The molecule has 2 aliphatic carbocycles. The first-order valence-electron chi connectivity index (χ1n) is 26.7. The van der Waals surface area contributed by atoms with Gasteiger partial charge < -0.3 is 14.7 Å². The van der Waals surface area contributed by atoms with Gasteiger partial charge in [-0.05, 0) is 167 Å². The average molecular weight is 910 g/mol. The topological polar surface area (TPSA) is 9.72 Å². The Morgan fingerprint density at radius 1 is 0.493 bits per heavy atom. The molecule has 4 unspecified atom stereocenters. The standard InChI is InChI=1S/C65H76BN3/c1-41-34-42(2)56-53(35-41)68(63(13)31-19-18-30-62(56,63)12)48-39-54-57-55(40-48)69-58-49(65(44-22-16-15-17-23-44)33-21-20-32-64(65,69)14)36-46(61(9,10)11)38-51(58)66(57)50-37-45(60(6,7)8)26-29-52(50)67(54)47-27-24-43(25-28-47)59(3,4)5/h15-17,22-29,34-40H,18-21,30-33H2,1-14H3. The van der Waals surface area contributed by atoms with Crippen molar-refractivity contribution < 1.29 is 0 Å². The molecule has 354 valence electrons. The molecule has 4 heteroatoms. The smallest absolute Gasteiger partial charge is 0.252 e. The Kier molecular flexibility index (Phi) is 9.42. The van der Waals surface area contributed by atoms with Crippen molar-refractivity contribution in [3.8, 4) is 0 Å². The third-order valence-electron chi connectivity index (χ3n) is 19.3. The lowest BCUT2D eigenvalue weighted by atomic mass is 9.33. The summed E-state index contributed by atoms with van der Waals surface area (Å²) in [5, 5.41) is 0. The van der Waals surface area contributed by atoms with E-state index in [1.54, 1.807) is 11.1 Å². The summed E-state index contributed by atoms with van der Waals surface area (Å²) >= 11 is 0. The number of hydrogen-bond acceptors (Lipinski definition) is 3. The molecule has 4 aliphatic heterocycles. The molecule has 0 radical (unpaired) electrons. The highest BCUT2D eigenvalue weighted by molar-refractivity contribution is 7.00. The number of hydrogen-bond donors (Lipinski definition) is 0. The van der Waals surface area contributed by atoms with Crippen LogP contribution in [-0.2, 0) is 27.1 Å². The van der Waals surface area contributed by atoms with Crippen molar-refractivity contribution in [1.82, 2.24) is 0 Å². The van der Waals surface area contributed by atoms with Crippen molar-refractivity contribution in [3.63, 3.8) is 0 Å². The fourth-order valence-electron chi connectivity index (χ4n) is 15.6. The first-order valence-corrected chi connectivity index (χ1v) is 26.7. The maximum absolute atomic E-state index is 2.98. The first kappa shape index (κ1) is 45.0. The molecule has 0 spiro atoms. The van der Waals surface area contributed by atoms with Gasteiger partial charge in [-0.2, -0.15) is 0 Å². The van der Waals surface area contributed by atoms with Gasteiger partial charge in [-0.1, -0.05) is 168 Å². The van der Waals surface area contributed by atoms with E-state index in [0.29, 0.717) is 0 Å². The number of rotatable bonds is 3. The molecule has 6 aromatic carbocycles. The highest BCUT2D eigenvalue weighted by Crippen LogP contribution is 2.67. The molecule has 6 aliphatic rings. The Morgan fingerprint density at radius 2 is 1.10 bits per heavy atom. The summed E-state index contributed by atoms with van der Waals surface area (Å²) in [5.74, 6) is 0. The summed E-state index contributed by atoms with van der Waals surface area (Å²) < 4.78 is 0. The van der Waals surface area contributed by atoms with Gasteiger partial charge in [0, 0.05) is 50.6 Å². The Labute approximate surface area is 415 Å². The summed E-state index contributed by atoms with van der Waals surface area (Å²) in [5.41, 5.74) is 25.0. The third kappa shape index (κ3) is 5.93. The molecule has 3 nitrogen and oxygen atoms in total. The second-order valence-electron chi connectivity index (χ2n) is 26.4. The molecular weight excluding hydrogens is 834 g/mol. The van der Waals surface area contributed by atoms with Crippen molar-refractivity contribution in [2.24, 2.45) is 0 Å². The quantitative estimate of drug-likeness (QED) is 0.164. The van der Waals surface area contributed by atoms with Gasteiger partial charge in [0.05, 0.1) is 11.1 Å². The maximum atomic E-state index is 2.98. The van der Waals surface area contributed by atoms with Crippen molar-refractivity contribution in [1.29, 1.82) is 0 Å². The van der Waals surface area contributed by atoms with Crippen LogP contribution in [0.2, 0.25) is 0 Å². The molecule has 0 saturated heterocycles. The molecule has 0 aromatic heterocycles. The zero-order valence-electron chi connectivity index (χ0n) is 44.5. The molecule has 6 aromatic rings. The number of anilines is 7. The van der Waals surface area contributed by atoms with Crippen LogP contribution in [0.1, 0.15) is 179 Å². The van der Waals surface area contributed by atoms with Crippen molar-refractivity contribution in [3.05, 3.63) is 154 Å². The highest BCUT2D eigenvalue weighted by Gasteiger charge is 2.65. The molecule has 12 rings (SSSR count). The second kappa shape index (κ2) is 14.5. The Morgan fingerprint density at radius 3 is 1.78 bits per heavy atom. The minimum atomic E-state index is -0.205. The number of benzene rings is 6. The van der Waals surface area contributed by atoms with E-state index in [1.165, 1.54) is 128 Å². The van der Waals surface area contributed by atoms with Gasteiger partial charge >= 0.3 is 0 Å². The van der Waals surface area contributed by atoms with Gasteiger partial charge in [-0.25, -0.2) is 0 Å². The molecule has 0 bridgehead atoms. The monoisotopic (exact) mass is 910 g/mol. The Bertz CT molecular complexity index is 3110. The average Bonchev–Trinajstić information content (AvgIpc) is 3.66. The van der Waals surface area contributed by atoms with Crippen molar-refractivity contribution >= 4 is 62.9 Å². The first-order chi connectivity index (χ1) is 32.5.